The molecule has 1 aromatic carbocycles. The van der Waals surface area contributed by atoms with Gasteiger partial charge in [-0.15, -0.1) is 10.2 Å². The van der Waals surface area contributed by atoms with Crippen LogP contribution in [0, 0.1) is 0 Å². The van der Waals surface area contributed by atoms with Crippen molar-refractivity contribution in [2.45, 2.75) is 10.4 Å². The molecule has 0 fully saturated rings. The zero-order valence-corrected chi connectivity index (χ0v) is 11.7. The standard InChI is InChI=1S/C11H11ClN2O2S2/c12-8-1-3-10(4-2-8)16-5-9(15)6-17-11-14-13-7-18-11/h1-4,7,9,15H,5-6H2. The van der Waals surface area contributed by atoms with Crippen molar-refractivity contribution < 1.29 is 9.84 Å². The molecule has 0 saturated heterocycles. The van der Waals surface area contributed by atoms with Crippen molar-refractivity contribution in [3.05, 3.63) is 34.8 Å². The van der Waals surface area contributed by atoms with Gasteiger partial charge in [-0.05, 0) is 24.3 Å². The predicted octanol–water partition coefficient (Wildman–Crippen LogP) is 2.72. The maximum atomic E-state index is 9.75. The number of benzene rings is 1. The van der Waals surface area contributed by atoms with Crippen LogP contribution >= 0.6 is 34.7 Å². The normalized spacial score (nSPS) is 12.3. The molecule has 0 aliphatic carbocycles. The van der Waals surface area contributed by atoms with Gasteiger partial charge in [0.15, 0.2) is 4.34 Å². The lowest BCUT2D eigenvalue weighted by atomic mass is 10.3. The number of aliphatic hydroxyl groups is 1. The molecule has 4 nitrogen and oxygen atoms in total. The monoisotopic (exact) mass is 302 g/mol. The summed E-state index contributed by atoms with van der Waals surface area (Å²) in [5.41, 5.74) is 1.67. The van der Waals surface area contributed by atoms with Gasteiger partial charge in [-0.1, -0.05) is 34.7 Å². The molecule has 1 heterocycles. The first-order valence-corrected chi connectivity index (χ1v) is 7.44. The lowest BCUT2D eigenvalue weighted by Gasteiger charge is -2.11. The van der Waals surface area contributed by atoms with Crippen LogP contribution in [0.3, 0.4) is 0 Å². The predicted molar refractivity (Wildman–Crippen MR) is 73.6 cm³/mol. The first-order chi connectivity index (χ1) is 8.74. The van der Waals surface area contributed by atoms with Gasteiger partial charge in [-0.3, -0.25) is 0 Å². The zero-order valence-electron chi connectivity index (χ0n) is 9.32. The third-order valence-electron chi connectivity index (χ3n) is 2.00. The van der Waals surface area contributed by atoms with E-state index in [9.17, 15) is 5.11 Å². The maximum absolute atomic E-state index is 9.75. The number of aliphatic hydroxyl groups excluding tert-OH is 1. The quantitative estimate of drug-likeness (QED) is 0.832. The summed E-state index contributed by atoms with van der Waals surface area (Å²) >= 11 is 8.68. The molecule has 1 N–H and O–H groups in total. The molecule has 2 rings (SSSR count). The minimum atomic E-state index is -0.547. The summed E-state index contributed by atoms with van der Waals surface area (Å²) in [5.74, 6) is 1.22. The molecule has 18 heavy (non-hydrogen) atoms. The van der Waals surface area contributed by atoms with E-state index < -0.39 is 6.10 Å². The van der Waals surface area contributed by atoms with Crippen molar-refractivity contribution in [3.63, 3.8) is 0 Å². The van der Waals surface area contributed by atoms with E-state index in [1.807, 2.05) is 0 Å². The first-order valence-electron chi connectivity index (χ1n) is 5.19. The van der Waals surface area contributed by atoms with E-state index in [1.54, 1.807) is 29.8 Å². The average molecular weight is 303 g/mol. The Labute approximate surface area is 118 Å². The molecule has 1 unspecified atom stereocenters. The SMILES string of the molecule is OC(COc1ccc(Cl)cc1)CSc1nncs1. The van der Waals surface area contributed by atoms with Crippen LogP contribution in [0.1, 0.15) is 0 Å². The minimum Gasteiger partial charge on any atom is -0.491 e. The fraction of sp³-hybridized carbons (Fsp3) is 0.273. The van der Waals surface area contributed by atoms with Gasteiger partial charge in [0, 0.05) is 10.8 Å². The molecule has 0 amide bonds. The summed E-state index contributed by atoms with van der Waals surface area (Å²) in [7, 11) is 0. The summed E-state index contributed by atoms with van der Waals surface area (Å²) in [4.78, 5) is 0. The van der Waals surface area contributed by atoms with Gasteiger partial charge in [-0.2, -0.15) is 0 Å². The zero-order chi connectivity index (χ0) is 12.8. The fourth-order valence-electron chi connectivity index (χ4n) is 1.16. The van der Waals surface area contributed by atoms with Gasteiger partial charge in [0.25, 0.3) is 0 Å². The number of aromatic nitrogens is 2. The van der Waals surface area contributed by atoms with Gasteiger partial charge in [-0.25, -0.2) is 0 Å². The van der Waals surface area contributed by atoms with Crippen LogP contribution in [0.25, 0.3) is 0 Å². The summed E-state index contributed by atoms with van der Waals surface area (Å²) in [6, 6.07) is 7.04. The first kappa shape index (κ1) is 13.6. The van der Waals surface area contributed by atoms with E-state index in [1.165, 1.54) is 23.1 Å². The summed E-state index contributed by atoms with van der Waals surface area (Å²) < 4.78 is 6.29. The van der Waals surface area contributed by atoms with Crippen LogP contribution in [-0.4, -0.2) is 33.8 Å². The van der Waals surface area contributed by atoms with Crippen molar-refractivity contribution in [2.24, 2.45) is 0 Å². The number of nitrogens with zero attached hydrogens (tertiary/aromatic N) is 2. The summed E-state index contributed by atoms with van der Waals surface area (Å²) in [6.07, 6.45) is -0.547. The number of rotatable bonds is 6. The highest BCUT2D eigenvalue weighted by Gasteiger charge is 2.08. The minimum absolute atomic E-state index is 0.243. The summed E-state index contributed by atoms with van der Waals surface area (Å²) in [6.45, 7) is 0.243. The lowest BCUT2D eigenvalue weighted by molar-refractivity contribution is 0.126. The van der Waals surface area contributed by atoms with Crippen molar-refractivity contribution in [2.75, 3.05) is 12.4 Å². The molecule has 0 bridgehead atoms. The van der Waals surface area contributed by atoms with Crippen molar-refractivity contribution in [1.29, 1.82) is 0 Å². The maximum Gasteiger partial charge on any atom is 0.174 e. The third kappa shape index (κ3) is 4.45. The molecule has 0 aliphatic rings. The van der Waals surface area contributed by atoms with Crippen molar-refractivity contribution in [1.82, 2.24) is 10.2 Å². The van der Waals surface area contributed by atoms with Crippen LogP contribution in [0.5, 0.6) is 5.75 Å². The topological polar surface area (TPSA) is 55.2 Å². The Balaban J connectivity index is 1.71. The van der Waals surface area contributed by atoms with Gasteiger partial charge in [0.1, 0.15) is 17.9 Å². The van der Waals surface area contributed by atoms with Crippen LogP contribution in [-0.2, 0) is 0 Å². The smallest absolute Gasteiger partial charge is 0.174 e. The number of thioether (sulfide) groups is 1. The third-order valence-corrected chi connectivity index (χ3v) is 4.25. The highest BCUT2D eigenvalue weighted by molar-refractivity contribution is 8.01. The number of hydrogen-bond donors (Lipinski definition) is 1. The molecule has 0 aliphatic heterocycles. The van der Waals surface area contributed by atoms with E-state index in [0.717, 1.165) is 4.34 Å². The molecule has 7 heteroatoms. The van der Waals surface area contributed by atoms with E-state index >= 15 is 0 Å². The molecular weight excluding hydrogens is 292 g/mol. The number of hydrogen-bond acceptors (Lipinski definition) is 6. The Kier molecular flexibility index (Phi) is 5.25. The van der Waals surface area contributed by atoms with E-state index in [4.69, 9.17) is 16.3 Å². The van der Waals surface area contributed by atoms with Crippen molar-refractivity contribution in [3.8, 4) is 5.75 Å². The Morgan fingerprint density at radius 1 is 1.39 bits per heavy atom. The van der Waals surface area contributed by atoms with Crippen molar-refractivity contribution >= 4 is 34.7 Å². The summed E-state index contributed by atoms with van der Waals surface area (Å²) in [5, 5.41) is 18.0. The second kappa shape index (κ2) is 6.94. The van der Waals surface area contributed by atoms with Gasteiger partial charge in [0.05, 0.1) is 6.10 Å². The molecular formula is C11H11ClN2O2S2. The molecule has 96 valence electrons. The van der Waals surface area contributed by atoms with Gasteiger partial charge >= 0.3 is 0 Å². The Morgan fingerprint density at radius 2 is 2.17 bits per heavy atom. The van der Waals surface area contributed by atoms with E-state index in [-0.39, 0.29) is 6.61 Å². The highest BCUT2D eigenvalue weighted by atomic mass is 35.5. The van der Waals surface area contributed by atoms with Gasteiger partial charge in [0.2, 0.25) is 0 Å². The molecule has 1 aromatic heterocycles. The lowest BCUT2D eigenvalue weighted by Crippen LogP contribution is -2.19. The second-order valence-electron chi connectivity index (χ2n) is 3.43. The van der Waals surface area contributed by atoms with Crippen LogP contribution in [0.4, 0.5) is 0 Å². The van der Waals surface area contributed by atoms with Crippen LogP contribution < -0.4 is 4.74 Å². The average Bonchev–Trinajstić information content (AvgIpc) is 2.89. The molecule has 0 saturated carbocycles. The van der Waals surface area contributed by atoms with Gasteiger partial charge < -0.3 is 9.84 Å². The highest BCUT2D eigenvalue weighted by Crippen LogP contribution is 2.20. The van der Waals surface area contributed by atoms with Crippen LogP contribution in [0.15, 0.2) is 34.1 Å². The van der Waals surface area contributed by atoms with Crippen LogP contribution in [0.2, 0.25) is 5.02 Å². The number of ether oxygens (including phenoxy) is 1. The molecule has 1 atom stereocenters. The number of halogens is 1. The molecule has 2 aromatic rings. The Bertz CT molecular complexity index is 464. The Morgan fingerprint density at radius 3 is 2.83 bits per heavy atom. The molecule has 0 spiro atoms. The largest absolute Gasteiger partial charge is 0.491 e. The van der Waals surface area contributed by atoms with E-state index in [2.05, 4.69) is 10.2 Å². The van der Waals surface area contributed by atoms with E-state index in [0.29, 0.717) is 16.5 Å². The molecule has 0 radical (unpaired) electrons. The fourth-order valence-corrected chi connectivity index (χ4v) is 2.71. The second-order valence-corrected chi connectivity index (χ2v) is 5.97. The Hall–Kier alpha value is -0.820.